The summed E-state index contributed by atoms with van der Waals surface area (Å²) in [5, 5.41) is 35.5. The normalized spacial score (nSPS) is 20.7. The average Bonchev–Trinajstić information content (AvgIpc) is 3.43. The quantitative estimate of drug-likeness (QED) is 0.151. The van der Waals surface area contributed by atoms with Gasteiger partial charge in [0.15, 0.2) is 6.10 Å². The van der Waals surface area contributed by atoms with Crippen molar-refractivity contribution in [1.82, 2.24) is 35.6 Å². The molecule has 210 valence electrons. The van der Waals surface area contributed by atoms with E-state index in [4.69, 9.17) is 0 Å². The van der Waals surface area contributed by atoms with Crippen molar-refractivity contribution < 1.29 is 33.0 Å². The summed E-state index contributed by atoms with van der Waals surface area (Å²) in [4.78, 5) is 39.2. The topological polar surface area (TPSA) is 208 Å². The lowest BCUT2D eigenvalue weighted by Crippen LogP contribution is -2.71. The van der Waals surface area contributed by atoms with Crippen molar-refractivity contribution in [2.75, 3.05) is 18.1 Å². The van der Waals surface area contributed by atoms with Gasteiger partial charge in [-0.2, -0.15) is 0 Å². The minimum atomic E-state index is -3.48. The zero-order valence-corrected chi connectivity index (χ0v) is 23.1. The second-order valence-electron chi connectivity index (χ2n) is 8.70. The fourth-order valence-electron chi connectivity index (χ4n) is 4.23. The lowest BCUT2D eigenvalue weighted by molar-refractivity contribution is -0.151. The monoisotopic (exact) mass is 597 g/mol. The Morgan fingerprint density at radius 1 is 1.31 bits per heavy atom. The van der Waals surface area contributed by atoms with Gasteiger partial charge in [-0.15, -0.1) is 16.9 Å². The molecule has 2 amide bonds. The highest BCUT2D eigenvalue weighted by molar-refractivity contribution is 8.01. The molecule has 39 heavy (non-hydrogen) atoms. The number of hydrogen-bond acceptors (Lipinski definition) is 11. The van der Waals surface area contributed by atoms with E-state index >= 15 is 0 Å². The first-order chi connectivity index (χ1) is 18.6. The first-order valence-electron chi connectivity index (χ1n) is 11.9. The molecule has 4 atom stereocenters. The van der Waals surface area contributed by atoms with Crippen LogP contribution in [0.2, 0.25) is 0 Å². The zero-order valence-electron chi connectivity index (χ0n) is 20.7. The van der Waals surface area contributed by atoms with Crippen LogP contribution in [0.4, 0.5) is 0 Å². The van der Waals surface area contributed by atoms with Crippen LogP contribution in [0.25, 0.3) is 0 Å². The molecule has 0 bridgehead atoms. The number of aliphatic hydroxyl groups excluding tert-OH is 1. The van der Waals surface area contributed by atoms with E-state index in [0.29, 0.717) is 22.7 Å². The van der Waals surface area contributed by atoms with Crippen LogP contribution in [-0.4, -0.2) is 96.7 Å². The van der Waals surface area contributed by atoms with Gasteiger partial charge in [0, 0.05) is 17.5 Å². The van der Waals surface area contributed by atoms with Gasteiger partial charge in [0.2, 0.25) is 15.2 Å². The maximum atomic E-state index is 13.1. The first-order valence-corrected chi connectivity index (χ1v) is 15.5. The van der Waals surface area contributed by atoms with Crippen LogP contribution in [0, 0.1) is 0 Å². The number of carbonyl (C=O) groups is 3. The van der Waals surface area contributed by atoms with E-state index in [1.54, 1.807) is 37.3 Å². The summed E-state index contributed by atoms with van der Waals surface area (Å²) in [5.41, 5.74) is 0.543. The molecule has 2 aliphatic rings. The van der Waals surface area contributed by atoms with Gasteiger partial charge in [-0.1, -0.05) is 49.0 Å². The summed E-state index contributed by atoms with van der Waals surface area (Å²) in [5.74, 6) is -2.55. The Hall–Kier alpha value is -2.99. The van der Waals surface area contributed by atoms with Gasteiger partial charge in [0.05, 0.1) is 5.75 Å². The number of hydrogen-bond donors (Lipinski definition) is 5. The molecule has 0 aliphatic carbocycles. The lowest BCUT2D eigenvalue weighted by atomic mass is 9.99. The Morgan fingerprint density at radius 2 is 2.05 bits per heavy atom. The van der Waals surface area contributed by atoms with Gasteiger partial charge >= 0.3 is 5.97 Å². The number of carboxylic acids is 1. The summed E-state index contributed by atoms with van der Waals surface area (Å²) in [6.45, 7) is 1.78. The molecule has 1 aromatic carbocycles. The number of aromatic amines is 1. The maximum absolute atomic E-state index is 13.1. The SMILES string of the molecule is CCCS(=O)(=O)NCCC(Sc1nnn[nH]1)C1=C(C(=O)O)N2C(=O)[C@@H](NC(=O)C(O)c3ccccc3)[C@@H]2SC1. The van der Waals surface area contributed by atoms with Crippen molar-refractivity contribution in [3.8, 4) is 0 Å². The summed E-state index contributed by atoms with van der Waals surface area (Å²) < 4.78 is 26.7. The Bertz CT molecular complexity index is 1340. The average molecular weight is 598 g/mol. The molecule has 2 aliphatic heterocycles. The number of aliphatic hydroxyl groups is 1. The van der Waals surface area contributed by atoms with Crippen LogP contribution in [0.5, 0.6) is 0 Å². The number of nitrogens with zero attached hydrogens (tertiary/aromatic N) is 4. The molecule has 14 nitrogen and oxygen atoms in total. The predicted octanol–water partition coefficient (Wildman–Crippen LogP) is -0.148. The van der Waals surface area contributed by atoms with E-state index < -0.39 is 50.6 Å². The van der Waals surface area contributed by atoms with E-state index in [0.717, 1.165) is 16.7 Å². The number of tetrazole rings is 1. The lowest BCUT2D eigenvalue weighted by Gasteiger charge is -2.50. The Morgan fingerprint density at radius 3 is 2.69 bits per heavy atom. The van der Waals surface area contributed by atoms with Crippen LogP contribution in [0.3, 0.4) is 0 Å². The number of aromatic nitrogens is 4. The second kappa shape index (κ2) is 12.5. The Kier molecular flexibility index (Phi) is 9.27. The van der Waals surface area contributed by atoms with E-state index in [1.165, 1.54) is 11.8 Å². The van der Waals surface area contributed by atoms with Crippen LogP contribution >= 0.6 is 23.5 Å². The van der Waals surface area contributed by atoms with Crippen molar-refractivity contribution in [3.63, 3.8) is 0 Å². The standard InChI is InChI=1S/C22H27N7O7S3/c1-2-10-39(35,36)23-9-8-14(38-22-25-27-28-26-22)13-11-37-20-15(19(32)29(20)16(13)21(33)34)24-18(31)17(30)12-6-4-3-5-7-12/h3-7,14-15,17,20,23,30H,2,8-11H2,1H3,(H,24,31)(H,33,34)(H,25,26,27,28)/t14?,15-,17?,20+/m1/s1. The van der Waals surface area contributed by atoms with Crippen molar-refractivity contribution in [3.05, 3.63) is 47.2 Å². The summed E-state index contributed by atoms with van der Waals surface area (Å²) >= 11 is 2.39. The number of rotatable bonds is 13. The third-order valence-corrected chi connectivity index (χ3v) is 10.1. The number of carboxylic acid groups (broad SMARTS) is 1. The number of amides is 2. The largest absolute Gasteiger partial charge is 0.477 e. The minimum Gasteiger partial charge on any atom is -0.477 e. The molecule has 0 spiro atoms. The first kappa shape index (κ1) is 29.0. The highest BCUT2D eigenvalue weighted by atomic mass is 32.2. The van der Waals surface area contributed by atoms with Gasteiger partial charge in [-0.25, -0.2) is 23.0 Å². The van der Waals surface area contributed by atoms with Crippen LogP contribution in [0.1, 0.15) is 31.4 Å². The van der Waals surface area contributed by atoms with Crippen molar-refractivity contribution >= 4 is 51.3 Å². The van der Waals surface area contributed by atoms with Crippen LogP contribution < -0.4 is 10.0 Å². The fraction of sp³-hybridized carbons (Fsp3) is 0.455. The molecule has 3 heterocycles. The summed E-state index contributed by atoms with van der Waals surface area (Å²) in [7, 11) is -3.48. The maximum Gasteiger partial charge on any atom is 0.352 e. The van der Waals surface area contributed by atoms with E-state index in [9.17, 15) is 33.0 Å². The highest BCUT2D eigenvalue weighted by Crippen LogP contribution is 2.44. The molecule has 1 fully saturated rings. The molecular formula is C22H27N7O7S3. The molecule has 0 saturated carbocycles. The Balaban J connectivity index is 1.53. The fourth-order valence-corrected chi connectivity index (χ4v) is 7.89. The number of fused-ring (bicyclic) bond motifs is 1. The van der Waals surface area contributed by atoms with Gasteiger partial charge in [0.25, 0.3) is 11.8 Å². The molecule has 17 heteroatoms. The second-order valence-corrected chi connectivity index (χ2v) is 12.9. The number of sulfonamides is 1. The van der Waals surface area contributed by atoms with Crippen LogP contribution in [-0.2, 0) is 24.4 Å². The highest BCUT2D eigenvalue weighted by Gasteiger charge is 2.55. The summed E-state index contributed by atoms with van der Waals surface area (Å²) in [6, 6.07) is 7.22. The number of aliphatic carboxylic acids is 1. The molecule has 2 unspecified atom stereocenters. The van der Waals surface area contributed by atoms with E-state index in [-0.39, 0.29) is 30.2 Å². The smallest absolute Gasteiger partial charge is 0.352 e. The number of benzene rings is 1. The van der Waals surface area contributed by atoms with Gasteiger partial charge in [-0.3, -0.25) is 14.5 Å². The minimum absolute atomic E-state index is 0.0359. The van der Waals surface area contributed by atoms with Gasteiger partial charge in [0.1, 0.15) is 17.1 Å². The molecule has 5 N–H and O–H groups in total. The van der Waals surface area contributed by atoms with Crippen molar-refractivity contribution in [2.45, 2.75) is 47.7 Å². The number of thioether (sulfide) groups is 2. The van der Waals surface area contributed by atoms with E-state index in [1.807, 2.05) is 0 Å². The van der Waals surface area contributed by atoms with Gasteiger partial charge in [-0.05, 0) is 34.4 Å². The molecular weight excluding hydrogens is 570 g/mol. The molecule has 4 rings (SSSR count). The third-order valence-electron chi connectivity index (χ3n) is 6.03. The van der Waals surface area contributed by atoms with Gasteiger partial charge < -0.3 is 15.5 Å². The van der Waals surface area contributed by atoms with E-state index in [2.05, 4.69) is 30.7 Å². The Labute approximate surface area is 232 Å². The number of β-lactam (4-membered cyclic amide) rings is 1. The number of nitrogens with one attached hydrogen (secondary N) is 3. The molecule has 0 radical (unpaired) electrons. The predicted molar refractivity (Wildman–Crippen MR) is 142 cm³/mol. The molecule has 2 aromatic rings. The zero-order chi connectivity index (χ0) is 28.2. The summed E-state index contributed by atoms with van der Waals surface area (Å²) in [6.07, 6.45) is -0.836. The molecule has 1 aromatic heterocycles. The molecule has 1 saturated heterocycles. The third kappa shape index (κ3) is 6.60. The van der Waals surface area contributed by atoms with Crippen molar-refractivity contribution in [2.24, 2.45) is 0 Å². The van der Waals surface area contributed by atoms with Crippen molar-refractivity contribution in [1.29, 1.82) is 0 Å². The number of H-pyrrole nitrogens is 1. The van der Waals surface area contributed by atoms with Crippen LogP contribution in [0.15, 0.2) is 46.8 Å². The number of carbonyl (C=O) groups excluding carboxylic acids is 2.